The van der Waals surface area contributed by atoms with Crippen molar-refractivity contribution in [2.75, 3.05) is 37.6 Å². The molecule has 0 bridgehead atoms. The van der Waals surface area contributed by atoms with Crippen molar-refractivity contribution in [1.82, 2.24) is 10.2 Å². The van der Waals surface area contributed by atoms with Crippen LogP contribution in [0.5, 0.6) is 0 Å². The minimum absolute atomic E-state index is 0.0524. The Hall–Kier alpha value is -2.37. The van der Waals surface area contributed by atoms with Gasteiger partial charge in [-0.2, -0.15) is 0 Å². The van der Waals surface area contributed by atoms with Gasteiger partial charge in [-0.3, -0.25) is 9.59 Å². The summed E-state index contributed by atoms with van der Waals surface area (Å²) in [6.45, 7) is 5.37. The number of benzene rings is 2. The summed E-state index contributed by atoms with van der Waals surface area (Å²) in [5.74, 6) is 0.170. The first-order chi connectivity index (χ1) is 15.5. The Balaban J connectivity index is 1.48. The van der Waals surface area contributed by atoms with E-state index in [4.69, 9.17) is 11.6 Å². The van der Waals surface area contributed by atoms with Gasteiger partial charge < -0.3 is 15.1 Å². The van der Waals surface area contributed by atoms with E-state index in [1.807, 2.05) is 40.1 Å². The molecule has 0 aromatic heterocycles. The molecule has 2 amide bonds. The van der Waals surface area contributed by atoms with Crippen molar-refractivity contribution in [3.05, 3.63) is 65.2 Å². The zero-order valence-electron chi connectivity index (χ0n) is 18.9. The number of carbonyl (C=O) groups is 2. The van der Waals surface area contributed by atoms with E-state index < -0.39 is 0 Å². The molecule has 5 nitrogen and oxygen atoms in total. The summed E-state index contributed by atoms with van der Waals surface area (Å²) in [6, 6.07) is 18.0. The topological polar surface area (TPSA) is 52.7 Å². The van der Waals surface area contributed by atoms with Gasteiger partial charge in [0.1, 0.15) is 0 Å². The van der Waals surface area contributed by atoms with Gasteiger partial charge in [0.25, 0.3) is 0 Å². The molecular formula is C26H34ClN3O2. The predicted octanol–water partition coefficient (Wildman–Crippen LogP) is 4.54. The lowest BCUT2D eigenvalue weighted by Gasteiger charge is -2.34. The molecule has 3 rings (SSSR count). The van der Waals surface area contributed by atoms with Gasteiger partial charge in [-0.05, 0) is 69.0 Å². The van der Waals surface area contributed by atoms with Gasteiger partial charge >= 0.3 is 0 Å². The third-order valence-corrected chi connectivity index (χ3v) is 6.31. The summed E-state index contributed by atoms with van der Waals surface area (Å²) >= 11 is 6.21. The Morgan fingerprint density at radius 1 is 1.03 bits per heavy atom. The van der Waals surface area contributed by atoms with Crippen LogP contribution in [0.15, 0.2) is 54.6 Å². The fourth-order valence-corrected chi connectivity index (χ4v) is 4.41. The van der Waals surface area contributed by atoms with Crippen LogP contribution in [0, 0.1) is 5.92 Å². The Morgan fingerprint density at radius 3 is 2.44 bits per heavy atom. The van der Waals surface area contributed by atoms with E-state index >= 15 is 0 Å². The van der Waals surface area contributed by atoms with Crippen molar-refractivity contribution < 1.29 is 9.59 Å². The van der Waals surface area contributed by atoms with Crippen LogP contribution >= 0.6 is 11.6 Å². The van der Waals surface area contributed by atoms with Crippen molar-refractivity contribution in [3.63, 3.8) is 0 Å². The Bertz CT molecular complexity index is 866. The maximum atomic E-state index is 13.4. The largest absolute Gasteiger partial charge is 0.343 e. The SMILES string of the molecule is CC(=O)N1CCC(C(=O)N(CCCNCCCc2ccccc2)c2cccc(Cl)c2)CC1. The molecule has 172 valence electrons. The normalized spacial score (nSPS) is 14.4. The van der Waals surface area contributed by atoms with E-state index in [9.17, 15) is 9.59 Å². The summed E-state index contributed by atoms with van der Waals surface area (Å²) in [5.41, 5.74) is 2.21. The maximum Gasteiger partial charge on any atom is 0.230 e. The minimum Gasteiger partial charge on any atom is -0.343 e. The van der Waals surface area contributed by atoms with E-state index in [-0.39, 0.29) is 17.7 Å². The van der Waals surface area contributed by atoms with E-state index in [2.05, 4.69) is 29.6 Å². The van der Waals surface area contributed by atoms with Gasteiger partial charge in [0.05, 0.1) is 0 Å². The summed E-state index contributed by atoms with van der Waals surface area (Å²) in [4.78, 5) is 28.7. The Labute approximate surface area is 196 Å². The van der Waals surface area contributed by atoms with Crippen LogP contribution in [0.1, 0.15) is 38.2 Å². The lowest BCUT2D eigenvalue weighted by Crippen LogP contribution is -2.44. The standard InChI is InChI=1S/C26H34ClN3O2/c1-21(31)29-18-13-23(14-19-29)26(32)30(25-12-5-11-24(27)20-25)17-7-16-28-15-6-10-22-8-3-2-4-9-22/h2-5,8-9,11-12,20,23,28H,6-7,10,13-19H2,1H3. The molecule has 1 heterocycles. The average molecular weight is 456 g/mol. The van der Waals surface area contributed by atoms with Crippen LogP contribution in [0.2, 0.25) is 5.02 Å². The molecule has 2 aromatic rings. The summed E-state index contributed by atoms with van der Waals surface area (Å²) in [7, 11) is 0. The molecule has 1 saturated heterocycles. The second-order valence-electron chi connectivity index (χ2n) is 8.44. The monoisotopic (exact) mass is 455 g/mol. The quantitative estimate of drug-likeness (QED) is 0.535. The molecule has 2 aromatic carbocycles. The number of amides is 2. The molecular weight excluding hydrogens is 422 g/mol. The molecule has 0 atom stereocenters. The first kappa shape index (κ1) is 24.3. The van der Waals surface area contributed by atoms with Crippen LogP contribution in [0.3, 0.4) is 0 Å². The van der Waals surface area contributed by atoms with Crippen molar-refractivity contribution in [1.29, 1.82) is 0 Å². The van der Waals surface area contributed by atoms with Gasteiger partial charge in [0.2, 0.25) is 11.8 Å². The van der Waals surface area contributed by atoms with E-state index in [0.29, 0.717) is 37.5 Å². The van der Waals surface area contributed by atoms with Crippen molar-refractivity contribution in [3.8, 4) is 0 Å². The van der Waals surface area contributed by atoms with Gasteiger partial charge in [-0.15, -0.1) is 0 Å². The molecule has 1 aliphatic heterocycles. The van der Waals surface area contributed by atoms with Crippen molar-refractivity contribution in [2.24, 2.45) is 5.92 Å². The van der Waals surface area contributed by atoms with Crippen molar-refractivity contribution >= 4 is 29.1 Å². The van der Waals surface area contributed by atoms with Crippen LogP contribution in [0.25, 0.3) is 0 Å². The number of anilines is 1. The van der Waals surface area contributed by atoms with Gasteiger partial charge in [0.15, 0.2) is 0 Å². The molecule has 0 spiro atoms. The number of rotatable bonds is 10. The average Bonchev–Trinajstić information content (AvgIpc) is 2.81. The number of hydrogen-bond acceptors (Lipinski definition) is 3. The number of nitrogens with zero attached hydrogens (tertiary/aromatic N) is 2. The van der Waals surface area contributed by atoms with Crippen LogP contribution < -0.4 is 10.2 Å². The molecule has 1 N–H and O–H groups in total. The molecule has 0 aliphatic carbocycles. The zero-order chi connectivity index (χ0) is 22.8. The first-order valence-corrected chi connectivity index (χ1v) is 12.0. The highest BCUT2D eigenvalue weighted by atomic mass is 35.5. The Kier molecular flexibility index (Phi) is 9.57. The first-order valence-electron chi connectivity index (χ1n) is 11.6. The van der Waals surface area contributed by atoms with Crippen LogP contribution in [-0.4, -0.2) is 49.4 Å². The highest BCUT2D eigenvalue weighted by Crippen LogP contribution is 2.25. The lowest BCUT2D eigenvalue weighted by atomic mass is 9.95. The fraction of sp³-hybridized carbons (Fsp3) is 0.462. The number of carbonyl (C=O) groups excluding carboxylic acids is 2. The summed E-state index contributed by atoms with van der Waals surface area (Å²) < 4.78 is 0. The van der Waals surface area contributed by atoms with E-state index in [0.717, 1.165) is 38.0 Å². The van der Waals surface area contributed by atoms with E-state index in [1.54, 1.807) is 6.92 Å². The van der Waals surface area contributed by atoms with Crippen LogP contribution in [-0.2, 0) is 16.0 Å². The third-order valence-electron chi connectivity index (χ3n) is 6.07. The number of nitrogens with one attached hydrogen (secondary N) is 1. The number of halogens is 1. The number of aryl methyl sites for hydroxylation is 1. The second-order valence-corrected chi connectivity index (χ2v) is 8.88. The number of hydrogen-bond donors (Lipinski definition) is 1. The van der Waals surface area contributed by atoms with Gasteiger partial charge in [-0.25, -0.2) is 0 Å². The summed E-state index contributed by atoms with van der Waals surface area (Å²) in [5, 5.41) is 4.13. The van der Waals surface area contributed by atoms with Crippen molar-refractivity contribution in [2.45, 2.75) is 39.0 Å². The number of piperidine rings is 1. The van der Waals surface area contributed by atoms with E-state index in [1.165, 1.54) is 5.56 Å². The predicted molar refractivity (Wildman–Crippen MR) is 131 cm³/mol. The fourth-order valence-electron chi connectivity index (χ4n) is 4.22. The molecule has 0 unspecified atom stereocenters. The van der Waals surface area contributed by atoms with Gasteiger partial charge in [-0.1, -0.05) is 48.0 Å². The molecule has 1 aliphatic rings. The summed E-state index contributed by atoms with van der Waals surface area (Å²) in [6.07, 6.45) is 4.46. The minimum atomic E-state index is -0.0524. The molecule has 1 fully saturated rings. The maximum absolute atomic E-state index is 13.4. The Morgan fingerprint density at radius 2 is 1.75 bits per heavy atom. The number of likely N-dealkylation sites (tertiary alicyclic amines) is 1. The zero-order valence-corrected chi connectivity index (χ0v) is 19.7. The lowest BCUT2D eigenvalue weighted by molar-refractivity contribution is -0.133. The van der Waals surface area contributed by atoms with Gasteiger partial charge in [0, 0.05) is 43.2 Å². The highest BCUT2D eigenvalue weighted by Gasteiger charge is 2.30. The van der Waals surface area contributed by atoms with Crippen LogP contribution in [0.4, 0.5) is 5.69 Å². The molecule has 32 heavy (non-hydrogen) atoms. The molecule has 0 radical (unpaired) electrons. The molecule has 0 saturated carbocycles. The third kappa shape index (κ3) is 7.35. The molecule has 6 heteroatoms. The highest BCUT2D eigenvalue weighted by molar-refractivity contribution is 6.30. The smallest absolute Gasteiger partial charge is 0.230 e. The second kappa shape index (κ2) is 12.6.